The number of benzene rings is 2. The maximum absolute atomic E-state index is 6.18. The summed E-state index contributed by atoms with van der Waals surface area (Å²) in [5, 5.41) is 0. The summed E-state index contributed by atoms with van der Waals surface area (Å²) >= 11 is 3.68. The highest BCUT2D eigenvalue weighted by molar-refractivity contribution is 9.10. The number of aryl methyl sites for hydroxylation is 1. The van der Waals surface area contributed by atoms with Gasteiger partial charge in [-0.15, -0.1) is 0 Å². The molecule has 0 aliphatic carbocycles. The molecule has 2 aromatic carbocycles. The zero-order valence-electron chi connectivity index (χ0n) is 17.7. The Kier molecular flexibility index (Phi) is 9.33. The summed E-state index contributed by atoms with van der Waals surface area (Å²) in [5.41, 5.74) is 2.56. The van der Waals surface area contributed by atoms with Gasteiger partial charge in [-0.2, -0.15) is 0 Å². The van der Waals surface area contributed by atoms with Crippen molar-refractivity contribution in [3.05, 3.63) is 58.1 Å². The SMILES string of the molecule is COc1cc(Br)c(CCCC(Cc2ccccc2)OC(C)C)cc1OC(C)C. The average molecular weight is 449 g/mol. The topological polar surface area (TPSA) is 27.7 Å². The van der Waals surface area contributed by atoms with Crippen LogP contribution in [0.25, 0.3) is 0 Å². The zero-order valence-corrected chi connectivity index (χ0v) is 19.3. The highest BCUT2D eigenvalue weighted by atomic mass is 79.9. The molecule has 0 N–H and O–H groups in total. The molecule has 0 fully saturated rings. The number of rotatable bonds is 11. The van der Waals surface area contributed by atoms with Gasteiger partial charge in [0.05, 0.1) is 25.4 Å². The first-order valence-corrected chi connectivity index (χ1v) is 10.9. The lowest BCUT2D eigenvalue weighted by molar-refractivity contribution is 0.00275. The Balaban J connectivity index is 2.02. The van der Waals surface area contributed by atoms with Crippen LogP contribution in [0.2, 0.25) is 0 Å². The molecule has 2 rings (SSSR count). The van der Waals surface area contributed by atoms with Gasteiger partial charge in [0, 0.05) is 4.47 Å². The van der Waals surface area contributed by atoms with Crippen molar-refractivity contribution >= 4 is 15.9 Å². The molecule has 154 valence electrons. The van der Waals surface area contributed by atoms with Gasteiger partial charge in [-0.25, -0.2) is 0 Å². The molecule has 0 aliphatic heterocycles. The minimum atomic E-state index is 0.109. The Morgan fingerprint density at radius 2 is 1.64 bits per heavy atom. The lowest BCUT2D eigenvalue weighted by Gasteiger charge is -2.21. The van der Waals surface area contributed by atoms with Crippen molar-refractivity contribution in [2.24, 2.45) is 0 Å². The smallest absolute Gasteiger partial charge is 0.161 e. The fourth-order valence-electron chi connectivity index (χ4n) is 3.27. The molecule has 0 radical (unpaired) electrons. The number of hydrogen-bond donors (Lipinski definition) is 0. The van der Waals surface area contributed by atoms with E-state index in [1.54, 1.807) is 7.11 Å². The minimum absolute atomic E-state index is 0.109. The van der Waals surface area contributed by atoms with Gasteiger partial charge in [-0.3, -0.25) is 0 Å². The van der Waals surface area contributed by atoms with E-state index in [0.29, 0.717) is 0 Å². The summed E-state index contributed by atoms with van der Waals surface area (Å²) in [4.78, 5) is 0. The second-order valence-electron chi connectivity index (χ2n) is 7.65. The number of ether oxygens (including phenoxy) is 3. The van der Waals surface area contributed by atoms with Crippen molar-refractivity contribution in [1.29, 1.82) is 0 Å². The third-order valence-corrected chi connectivity index (χ3v) is 5.18. The van der Waals surface area contributed by atoms with E-state index < -0.39 is 0 Å². The van der Waals surface area contributed by atoms with Crippen molar-refractivity contribution in [1.82, 2.24) is 0 Å². The molecule has 0 bridgehead atoms. The number of halogens is 1. The second kappa shape index (κ2) is 11.5. The quantitative estimate of drug-likeness (QED) is 0.387. The van der Waals surface area contributed by atoms with Gasteiger partial charge in [-0.1, -0.05) is 46.3 Å². The Hall–Kier alpha value is -1.52. The number of hydrogen-bond acceptors (Lipinski definition) is 3. The standard InChI is InChI=1S/C24H33BrO3/c1-17(2)27-21(14-19-10-7-6-8-11-19)13-9-12-20-15-24(28-18(3)4)23(26-5)16-22(20)25/h6-8,10-11,15-18,21H,9,12-14H2,1-5H3. The van der Waals surface area contributed by atoms with E-state index in [4.69, 9.17) is 14.2 Å². The summed E-state index contributed by atoms with van der Waals surface area (Å²) in [6, 6.07) is 14.7. The van der Waals surface area contributed by atoms with E-state index in [1.807, 2.05) is 19.9 Å². The molecule has 28 heavy (non-hydrogen) atoms. The van der Waals surface area contributed by atoms with E-state index in [-0.39, 0.29) is 18.3 Å². The summed E-state index contributed by atoms with van der Waals surface area (Å²) in [7, 11) is 1.67. The highest BCUT2D eigenvalue weighted by Crippen LogP contribution is 2.35. The van der Waals surface area contributed by atoms with Gasteiger partial charge in [0.2, 0.25) is 0 Å². The molecule has 0 heterocycles. The van der Waals surface area contributed by atoms with E-state index in [1.165, 1.54) is 11.1 Å². The van der Waals surface area contributed by atoms with Crippen LogP contribution in [-0.4, -0.2) is 25.4 Å². The van der Waals surface area contributed by atoms with Crippen LogP contribution in [0.15, 0.2) is 46.9 Å². The van der Waals surface area contributed by atoms with Gasteiger partial charge in [0.15, 0.2) is 11.5 Å². The lowest BCUT2D eigenvalue weighted by atomic mass is 10.0. The number of methoxy groups -OCH3 is 1. The first-order valence-electron chi connectivity index (χ1n) is 10.1. The summed E-state index contributed by atoms with van der Waals surface area (Å²) in [6.07, 6.45) is 4.55. The molecule has 4 heteroatoms. The molecule has 2 aromatic rings. The van der Waals surface area contributed by atoms with Crippen molar-refractivity contribution < 1.29 is 14.2 Å². The summed E-state index contributed by atoms with van der Waals surface area (Å²) < 4.78 is 18.6. The van der Waals surface area contributed by atoms with Crippen LogP contribution in [0.4, 0.5) is 0 Å². The molecule has 3 nitrogen and oxygen atoms in total. The Morgan fingerprint density at radius 3 is 2.25 bits per heavy atom. The third-order valence-electron chi connectivity index (χ3n) is 4.44. The van der Waals surface area contributed by atoms with Crippen LogP contribution in [-0.2, 0) is 17.6 Å². The van der Waals surface area contributed by atoms with Crippen LogP contribution in [0.3, 0.4) is 0 Å². The monoisotopic (exact) mass is 448 g/mol. The lowest BCUT2D eigenvalue weighted by Crippen LogP contribution is -2.20. The largest absolute Gasteiger partial charge is 0.493 e. The molecule has 0 aliphatic rings. The van der Waals surface area contributed by atoms with Crippen molar-refractivity contribution in [3.63, 3.8) is 0 Å². The zero-order chi connectivity index (χ0) is 20.5. The van der Waals surface area contributed by atoms with E-state index >= 15 is 0 Å². The molecular formula is C24H33BrO3. The molecule has 1 atom stereocenters. The fraction of sp³-hybridized carbons (Fsp3) is 0.500. The Labute approximate surface area is 178 Å². The fourth-order valence-corrected chi connectivity index (χ4v) is 3.80. The third kappa shape index (κ3) is 7.48. The van der Waals surface area contributed by atoms with Gasteiger partial charge < -0.3 is 14.2 Å². The molecule has 0 amide bonds. The maximum Gasteiger partial charge on any atom is 0.161 e. The second-order valence-corrected chi connectivity index (χ2v) is 8.50. The first-order chi connectivity index (χ1) is 13.4. The minimum Gasteiger partial charge on any atom is -0.493 e. The van der Waals surface area contributed by atoms with Crippen molar-refractivity contribution in [2.45, 2.75) is 71.7 Å². The molecule has 0 saturated heterocycles. The van der Waals surface area contributed by atoms with Gasteiger partial charge in [0.25, 0.3) is 0 Å². The predicted molar refractivity (Wildman–Crippen MR) is 120 cm³/mol. The summed E-state index contributed by atoms with van der Waals surface area (Å²) in [5.74, 6) is 1.56. The highest BCUT2D eigenvalue weighted by Gasteiger charge is 2.15. The normalized spacial score (nSPS) is 12.4. The van der Waals surface area contributed by atoms with Crippen LogP contribution in [0.5, 0.6) is 11.5 Å². The van der Waals surface area contributed by atoms with Crippen LogP contribution in [0, 0.1) is 0 Å². The van der Waals surface area contributed by atoms with Crippen LogP contribution in [0.1, 0.15) is 51.7 Å². The van der Waals surface area contributed by atoms with Crippen molar-refractivity contribution in [3.8, 4) is 11.5 Å². The van der Waals surface area contributed by atoms with Gasteiger partial charge >= 0.3 is 0 Å². The van der Waals surface area contributed by atoms with Gasteiger partial charge in [0.1, 0.15) is 0 Å². The Morgan fingerprint density at radius 1 is 0.929 bits per heavy atom. The molecule has 1 unspecified atom stereocenters. The van der Waals surface area contributed by atoms with E-state index in [9.17, 15) is 0 Å². The molecule has 0 spiro atoms. The molecular weight excluding hydrogens is 416 g/mol. The van der Waals surface area contributed by atoms with Crippen LogP contribution >= 0.6 is 15.9 Å². The maximum atomic E-state index is 6.18. The average Bonchev–Trinajstić information content (AvgIpc) is 2.63. The molecule has 0 aromatic heterocycles. The molecule has 0 saturated carbocycles. The predicted octanol–water partition coefficient (Wildman–Crippen LogP) is 6.60. The summed E-state index contributed by atoms with van der Waals surface area (Å²) in [6.45, 7) is 8.26. The van der Waals surface area contributed by atoms with Crippen molar-refractivity contribution in [2.75, 3.05) is 7.11 Å². The first kappa shape index (κ1) is 22.8. The Bertz CT molecular complexity index is 713. The van der Waals surface area contributed by atoms with E-state index in [0.717, 1.165) is 41.7 Å². The van der Waals surface area contributed by atoms with Gasteiger partial charge in [-0.05, 0) is 76.6 Å². The van der Waals surface area contributed by atoms with Crippen LogP contribution < -0.4 is 9.47 Å². The van der Waals surface area contributed by atoms with E-state index in [2.05, 4.69) is 66.2 Å².